The number of pyridine rings is 1. The highest BCUT2D eigenvalue weighted by Gasteiger charge is 2.74. The number of nitrogens with zero attached hydrogens (tertiary/aromatic N) is 2. The van der Waals surface area contributed by atoms with Crippen LogP contribution in [0.15, 0.2) is 48.2 Å². The lowest BCUT2D eigenvalue weighted by atomic mass is 9.53. The van der Waals surface area contributed by atoms with E-state index in [0.717, 1.165) is 22.8 Å². The van der Waals surface area contributed by atoms with E-state index in [9.17, 15) is 10.2 Å². The van der Waals surface area contributed by atoms with Gasteiger partial charge in [0.25, 0.3) is 0 Å². The second-order valence-corrected chi connectivity index (χ2v) is 12.8. The molecule has 196 valence electrons. The van der Waals surface area contributed by atoms with E-state index in [2.05, 4.69) is 30.1 Å². The topological polar surface area (TPSA) is 65.8 Å². The van der Waals surface area contributed by atoms with Gasteiger partial charge in [0.1, 0.15) is 16.9 Å². The Morgan fingerprint density at radius 2 is 1.95 bits per heavy atom. The van der Waals surface area contributed by atoms with Crippen LogP contribution in [-0.2, 0) is 4.74 Å². The van der Waals surface area contributed by atoms with E-state index in [1.54, 1.807) is 12.3 Å². The highest BCUT2D eigenvalue weighted by atomic mass is 35.5. The molecule has 2 unspecified atom stereocenters. The maximum atomic E-state index is 17.2. The van der Waals surface area contributed by atoms with Crippen LogP contribution < -0.4 is 0 Å². The molecule has 2 aliphatic heterocycles. The third-order valence-corrected chi connectivity index (χ3v) is 11.0. The number of halogens is 2. The van der Waals surface area contributed by atoms with E-state index >= 15 is 4.39 Å². The van der Waals surface area contributed by atoms with E-state index in [0.29, 0.717) is 42.8 Å². The van der Waals surface area contributed by atoms with Gasteiger partial charge in [0.05, 0.1) is 11.7 Å². The number of aliphatic hydroxyl groups is 2. The Morgan fingerprint density at radius 3 is 2.73 bits per heavy atom. The van der Waals surface area contributed by atoms with Crippen LogP contribution in [0.25, 0.3) is 16.3 Å². The van der Waals surface area contributed by atoms with Crippen LogP contribution in [-0.4, -0.2) is 69.3 Å². The second kappa shape index (κ2) is 7.64. The first-order valence-corrected chi connectivity index (χ1v) is 13.8. The molecule has 2 spiro atoms. The molecular formula is C30H34ClFN2O3. The maximum Gasteiger partial charge on any atom is 0.158 e. The molecule has 2 saturated carbocycles. The van der Waals surface area contributed by atoms with Crippen molar-refractivity contribution in [2.75, 3.05) is 14.1 Å². The summed E-state index contributed by atoms with van der Waals surface area (Å²) in [5.41, 5.74) is -0.598. The summed E-state index contributed by atoms with van der Waals surface area (Å²) in [7, 11) is 3.83. The smallest absolute Gasteiger partial charge is 0.158 e. The molecule has 3 heterocycles. The summed E-state index contributed by atoms with van der Waals surface area (Å²) in [6.07, 6.45) is 7.26. The fourth-order valence-corrected chi connectivity index (χ4v) is 8.97. The second-order valence-electron chi connectivity index (χ2n) is 12.5. The van der Waals surface area contributed by atoms with Gasteiger partial charge in [-0.25, -0.2) is 9.37 Å². The summed E-state index contributed by atoms with van der Waals surface area (Å²) in [6, 6.07) is 8.05. The average Bonchev–Trinajstić information content (AvgIpc) is 3.40. The number of hydrogen-bond donors (Lipinski definition) is 2. The summed E-state index contributed by atoms with van der Waals surface area (Å²) >= 11 is 6.32. The van der Waals surface area contributed by atoms with Crippen LogP contribution in [0.5, 0.6) is 0 Å². The number of ether oxygens (including phenoxy) is 1. The van der Waals surface area contributed by atoms with Crippen molar-refractivity contribution < 1.29 is 19.3 Å². The van der Waals surface area contributed by atoms with E-state index in [1.165, 1.54) is 5.57 Å². The molecule has 0 amide bonds. The number of likely N-dealkylation sites (N-methyl/N-ethyl adjacent to an activating group) is 1. The fourth-order valence-electron chi connectivity index (χ4n) is 8.74. The van der Waals surface area contributed by atoms with Crippen LogP contribution in [0.1, 0.15) is 51.0 Å². The number of alkyl halides is 1. The largest absolute Gasteiger partial charge is 0.388 e. The lowest BCUT2D eigenvalue weighted by Gasteiger charge is -2.60. The van der Waals surface area contributed by atoms with Crippen LogP contribution in [0.3, 0.4) is 0 Å². The molecule has 2 aromatic rings. The van der Waals surface area contributed by atoms with Crippen LogP contribution in [0.2, 0.25) is 5.15 Å². The Bertz CT molecular complexity index is 1380. The van der Waals surface area contributed by atoms with Crippen molar-refractivity contribution in [3.8, 4) is 0 Å². The Labute approximate surface area is 222 Å². The minimum absolute atomic E-state index is 0.00977. The third kappa shape index (κ3) is 2.97. The van der Waals surface area contributed by atoms with Gasteiger partial charge in [-0.2, -0.15) is 0 Å². The number of aromatic nitrogens is 1. The molecule has 3 aliphatic carbocycles. The Kier molecular flexibility index (Phi) is 5.00. The Morgan fingerprint density at radius 1 is 1.14 bits per heavy atom. The zero-order valence-corrected chi connectivity index (χ0v) is 22.3. The molecule has 1 saturated heterocycles. The number of fused-ring (bicyclic) bond motifs is 2. The fraction of sp³-hybridized carbons (Fsp3) is 0.567. The van der Waals surface area contributed by atoms with Gasteiger partial charge in [-0.3, -0.25) is 0 Å². The van der Waals surface area contributed by atoms with Crippen molar-refractivity contribution in [3.63, 3.8) is 0 Å². The van der Waals surface area contributed by atoms with Crippen molar-refractivity contribution in [2.24, 2.45) is 11.3 Å². The molecule has 1 aromatic carbocycles. The maximum absolute atomic E-state index is 17.2. The quantitative estimate of drug-likeness (QED) is 0.423. The molecule has 0 radical (unpaired) electrons. The number of rotatable bonds is 2. The van der Waals surface area contributed by atoms with Gasteiger partial charge in [0.2, 0.25) is 0 Å². The highest BCUT2D eigenvalue weighted by molar-refractivity contribution is 6.34. The van der Waals surface area contributed by atoms with Crippen molar-refractivity contribution in [3.05, 3.63) is 58.9 Å². The summed E-state index contributed by atoms with van der Waals surface area (Å²) in [5, 5.41) is 24.5. The van der Waals surface area contributed by atoms with Crippen LogP contribution >= 0.6 is 11.6 Å². The van der Waals surface area contributed by atoms with Crippen LogP contribution in [0.4, 0.5) is 4.39 Å². The van der Waals surface area contributed by atoms with Crippen molar-refractivity contribution >= 4 is 27.9 Å². The number of hydrogen-bond acceptors (Lipinski definition) is 5. The third-order valence-electron chi connectivity index (χ3n) is 10.7. The van der Waals surface area contributed by atoms with Crippen molar-refractivity contribution in [1.82, 2.24) is 9.88 Å². The highest BCUT2D eigenvalue weighted by Crippen LogP contribution is 2.71. The molecule has 1 aromatic heterocycles. The van der Waals surface area contributed by atoms with Gasteiger partial charge in [-0.05, 0) is 98.3 Å². The van der Waals surface area contributed by atoms with Crippen LogP contribution in [0, 0.1) is 11.3 Å². The predicted molar refractivity (Wildman–Crippen MR) is 142 cm³/mol. The lowest BCUT2D eigenvalue weighted by Crippen LogP contribution is -2.68. The minimum Gasteiger partial charge on any atom is -0.388 e. The summed E-state index contributed by atoms with van der Waals surface area (Å²) in [6.45, 7) is 2.28. The molecule has 7 heteroatoms. The first kappa shape index (κ1) is 24.2. The molecule has 37 heavy (non-hydrogen) atoms. The standard InChI is InChI=1S/C30H34ClFN2O3/c1-27-9-11-29(32)15-21-24(35)25(36)22(34(2)3)16-28(21)10-12-30(29,37-28)23(27)7-6-20(27)18-4-5-19-17(14-18)8-13-33-26(19)31/h4-6,8,13-15,22-25,35-36H,7,9-12,16H2,1-3H3/t22-,23?,24+,25+,27+,28+,29?,30-/m0/s1. The Balaban J connectivity index is 1.30. The van der Waals surface area contributed by atoms with Gasteiger partial charge in [0.15, 0.2) is 5.67 Å². The first-order chi connectivity index (χ1) is 17.5. The number of allylic oxidation sites excluding steroid dienone is 2. The van der Waals surface area contributed by atoms with E-state index in [1.807, 2.05) is 31.1 Å². The zero-order chi connectivity index (χ0) is 26.0. The molecule has 2 bridgehead atoms. The SMILES string of the molecule is CN(C)[C@H]1C[C@@]23CC[C@]4(O2)C2CC=C(c5ccc6c(Cl)nccc6c5)[C@@]2(C)CCC4(F)C=C3[C@@H](O)[C@@H]1O. The molecule has 3 fully saturated rings. The lowest BCUT2D eigenvalue weighted by molar-refractivity contribution is -0.239. The van der Waals surface area contributed by atoms with Gasteiger partial charge in [-0.15, -0.1) is 0 Å². The molecule has 5 aliphatic rings. The summed E-state index contributed by atoms with van der Waals surface area (Å²) < 4.78 is 24.2. The molecule has 5 nitrogen and oxygen atoms in total. The summed E-state index contributed by atoms with van der Waals surface area (Å²) in [5.74, 6) is -0.00977. The number of benzene rings is 1. The monoisotopic (exact) mass is 524 g/mol. The molecule has 8 atom stereocenters. The van der Waals surface area contributed by atoms with Gasteiger partial charge in [0, 0.05) is 23.5 Å². The molecule has 2 N–H and O–H groups in total. The Hall–Kier alpha value is -1.83. The van der Waals surface area contributed by atoms with Gasteiger partial charge in [-0.1, -0.05) is 36.7 Å². The summed E-state index contributed by atoms with van der Waals surface area (Å²) in [4.78, 5) is 6.15. The number of aliphatic hydroxyl groups excluding tert-OH is 2. The first-order valence-electron chi connectivity index (χ1n) is 13.4. The van der Waals surface area contributed by atoms with E-state index in [-0.39, 0.29) is 17.4 Å². The zero-order valence-electron chi connectivity index (χ0n) is 21.5. The van der Waals surface area contributed by atoms with E-state index < -0.39 is 29.1 Å². The minimum atomic E-state index is -1.66. The normalized spacial score (nSPS) is 44.3. The predicted octanol–water partition coefficient (Wildman–Crippen LogP) is 5.08. The van der Waals surface area contributed by atoms with Gasteiger partial charge < -0.3 is 19.8 Å². The van der Waals surface area contributed by atoms with E-state index in [4.69, 9.17) is 16.3 Å². The molecule has 7 rings (SSSR count). The van der Waals surface area contributed by atoms with Crippen molar-refractivity contribution in [1.29, 1.82) is 0 Å². The van der Waals surface area contributed by atoms with Gasteiger partial charge >= 0.3 is 0 Å². The average molecular weight is 525 g/mol. The van der Waals surface area contributed by atoms with Crippen molar-refractivity contribution in [2.45, 2.75) is 80.6 Å². The molecular weight excluding hydrogens is 491 g/mol.